The van der Waals surface area contributed by atoms with E-state index in [-0.39, 0.29) is 24.0 Å². The molecule has 4 rings (SSSR count). The second kappa shape index (κ2) is 7.62. The Morgan fingerprint density at radius 2 is 2.39 bits per heavy atom. The van der Waals surface area contributed by atoms with Gasteiger partial charge in [0, 0.05) is 30.6 Å². The highest BCUT2D eigenvalue weighted by atomic mass is 16.6. The van der Waals surface area contributed by atoms with Crippen molar-refractivity contribution in [2.75, 3.05) is 13.2 Å². The maximum Gasteiger partial charge on any atom is 0.288 e. The zero-order valence-corrected chi connectivity index (χ0v) is 14.9. The Balaban J connectivity index is 1.71. The molecule has 9 heteroatoms. The van der Waals surface area contributed by atoms with Gasteiger partial charge in [0.25, 0.3) is 5.70 Å². The summed E-state index contributed by atoms with van der Waals surface area (Å²) in [6.45, 7) is 1.00. The van der Waals surface area contributed by atoms with Crippen molar-refractivity contribution < 1.29 is 14.4 Å². The molecule has 0 spiro atoms. The zero-order chi connectivity index (χ0) is 19.5. The molecule has 1 fully saturated rings. The van der Waals surface area contributed by atoms with Crippen LogP contribution in [-0.2, 0) is 9.47 Å². The molecule has 0 amide bonds. The number of nitriles is 1. The highest BCUT2D eigenvalue weighted by Crippen LogP contribution is 2.35. The number of pyridine rings is 1. The van der Waals surface area contributed by atoms with Crippen LogP contribution in [0.5, 0.6) is 0 Å². The lowest BCUT2D eigenvalue weighted by molar-refractivity contribution is -0.431. The Morgan fingerprint density at radius 1 is 1.50 bits per heavy atom. The van der Waals surface area contributed by atoms with Crippen molar-refractivity contribution >= 4 is 11.4 Å². The van der Waals surface area contributed by atoms with Crippen LogP contribution >= 0.6 is 0 Å². The smallest absolute Gasteiger partial charge is 0.288 e. The van der Waals surface area contributed by atoms with E-state index in [1.807, 2.05) is 0 Å². The quantitative estimate of drug-likeness (QED) is 0.629. The maximum atomic E-state index is 11.7. The summed E-state index contributed by atoms with van der Waals surface area (Å²) in [4.78, 5) is 19.8. The van der Waals surface area contributed by atoms with Gasteiger partial charge < -0.3 is 14.8 Å². The summed E-state index contributed by atoms with van der Waals surface area (Å²) in [6.07, 6.45) is 6.97. The number of ether oxygens (including phenoxy) is 2. The van der Waals surface area contributed by atoms with E-state index in [0.29, 0.717) is 42.3 Å². The number of fused-ring (bicyclic) bond motifs is 1. The summed E-state index contributed by atoms with van der Waals surface area (Å²) in [5, 5.41) is 24.2. The first kappa shape index (κ1) is 17.9. The average Bonchev–Trinajstić information content (AvgIpc) is 3.21. The fourth-order valence-electron chi connectivity index (χ4n) is 3.37. The van der Waals surface area contributed by atoms with Crippen LogP contribution in [0.25, 0.3) is 0 Å². The van der Waals surface area contributed by atoms with Crippen LogP contribution in [0, 0.1) is 27.4 Å². The van der Waals surface area contributed by atoms with Gasteiger partial charge in [-0.15, -0.1) is 0 Å². The number of nitrogens with zero attached hydrogens (tertiary/aromatic N) is 4. The summed E-state index contributed by atoms with van der Waals surface area (Å²) in [6, 6.07) is 5.62. The van der Waals surface area contributed by atoms with Crippen LogP contribution in [0.4, 0.5) is 5.69 Å². The number of hydrogen-bond donors (Lipinski definition) is 1. The van der Waals surface area contributed by atoms with Crippen LogP contribution < -0.4 is 5.32 Å². The molecular weight excluding hydrogens is 362 g/mol. The van der Waals surface area contributed by atoms with Crippen molar-refractivity contribution in [2.45, 2.75) is 18.9 Å². The molecule has 0 bridgehead atoms. The summed E-state index contributed by atoms with van der Waals surface area (Å²) in [5.74, 6) is -0.207. The minimum absolute atomic E-state index is 0.0273. The van der Waals surface area contributed by atoms with E-state index in [4.69, 9.17) is 9.47 Å². The molecule has 0 radical (unpaired) electrons. The van der Waals surface area contributed by atoms with Gasteiger partial charge in [0.05, 0.1) is 53.6 Å². The third kappa shape index (κ3) is 3.50. The molecule has 1 aliphatic carbocycles. The molecule has 0 saturated carbocycles. The van der Waals surface area contributed by atoms with Gasteiger partial charge in [0.15, 0.2) is 5.76 Å². The second-order valence-electron chi connectivity index (χ2n) is 6.55. The number of nitro groups is 1. The van der Waals surface area contributed by atoms with E-state index in [2.05, 4.69) is 21.4 Å². The van der Waals surface area contributed by atoms with Crippen molar-refractivity contribution in [1.29, 1.82) is 5.26 Å². The lowest BCUT2D eigenvalue weighted by Crippen LogP contribution is -2.34. The second-order valence-corrected chi connectivity index (χ2v) is 6.55. The van der Waals surface area contributed by atoms with Gasteiger partial charge in [-0.05, 0) is 12.1 Å². The Labute approximate surface area is 160 Å². The van der Waals surface area contributed by atoms with Crippen LogP contribution in [0.2, 0.25) is 0 Å². The summed E-state index contributed by atoms with van der Waals surface area (Å²) < 4.78 is 11.1. The number of aliphatic imine (C=N–C) groups is 1. The van der Waals surface area contributed by atoms with Gasteiger partial charge in [-0.3, -0.25) is 15.1 Å². The minimum Gasteiger partial charge on any atom is -0.481 e. The normalized spacial score (nSPS) is 25.3. The van der Waals surface area contributed by atoms with Gasteiger partial charge in [-0.2, -0.15) is 5.26 Å². The van der Waals surface area contributed by atoms with Crippen LogP contribution in [0.3, 0.4) is 0 Å². The summed E-state index contributed by atoms with van der Waals surface area (Å²) >= 11 is 0. The third-order valence-corrected chi connectivity index (χ3v) is 4.75. The fourth-order valence-corrected chi connectivity index (χ4v) is 3.37. The lowest BCUT2D eigenvalue weighted by atomic mass is 9.84. The molecule has 2 unspecified atom stereocenters. The average molecular weight is 379 g/mol. The SMILES string of the molecule is N#CC1=CNC2=CC(OC3CCOC3)=C([N+](=O)[O-])CC2C1=Nc1cccnc1. The van der Waals surface area contributed by atoms with Crippen LogP contribution in [0.15, 0.2) is 64.5 Å². The van der Waals surface area contributed by atoms with E-state index in [1.165, 1.54) is 0 Å². The molecule has 3 aliphatic rings. The molecule has 3 heterocycles. The van der Waals surface area contributed by atoms with Crippen LogP contribution in [-0.4, -0.2) is 34.9 Å². The monoisotopic (exact) mass is 379 g/mol. The van der Waals surface area contributed by atoms with Crippen molar-refractivity contribution in [3.8, 4) is 6.07 Å². The number of hydrogen-bond acceptors (Lipinski definition) is 8. The molecule has 1 saturated heterocycles. The summed E-state index contributed by atoms with van der Waals surface area (Å²) in [5.41, 5.74) is 2.07. The predicted molar refractivity (Wildman–Crippen MR) is 98.7 cm³/mol. The first-order valence-electron chi connectivity index (χ1n) is 8.85. The van der Waals surface area contributed by atoms with Gasteiger partial charge in [-0.25, -0.2) is 4.99 Å². The Bertz CT molecular complexity index is 952. The Morgan fingerprint density at radius 3 is 3.07 bits per heavy atom. The number of rotatable bonds is 4. The van der Waals surface area contributed by atoms with Gasteiger partial charge in [0.2, 0.25) is 0 Å². The van der Waals surface area contributed by atoms with E-state index >= 15 is 0 Å². The molecule has 28 heavy (non-hydrogen) atoms. The molecule has 0 aromatic carbocycles. The highest BCUT2D eigenvalue weighted by molar-refractivity contribution is 6.08. The number of allylic oxidation sites excluding steroid dienone is 4. The standard InChI is InChI=1S/C19H17N5O4/c20-8-12-9-22-16-7-18(28-14-3-5-27-11-14)17(24(25)26)6-15(16)19(12)23-13-2-1-4-21-10-13/h1-2,4,7,9-10,14-15,22H,3,5-6,11H2. The third-order valence-electron chi connectivity index (χ3n) is 4.75. The molecule has 2 atom stereocenters. The predicted octanol–water partition coefficient (Wildman–Crippen LogP) is 2.36. The zero-order valence-electron chi connectivity index (χ0n) is 14.9. The Hall–Kier alpha value is -3.51. The number of aromatic nitrogens is 1. The van der Waals surface area contributed by atoms with Crippen molar-refractivity contribution in [1.82, 2.24) is 10.3 Å². The Kier molecular flexibility index (Phi) is 4.87. The van der Waals surface area contributed by atoms with Crippen molar-refractivity contribution in [3.05, 3.63) is 69.6 Å². The van der Waals surface area contributed by atoms with Crippen LogP contribution in [0.1, 0.15) is 12.8 Å². The first-order chi connectivity index (χ1) is 13.7. The molecule has 2 aliphatic heterocycles. The fraction of sp³-hybridized carbons (Fsp3) is 0.316. The van der Waals surface area contributed by atoms with Gasteiger partial charge in [-0.1, -0.05) is 0 Å². The molecule has 1 N–H and O–H groups in total. The van der Waals surface area contributed by atoms with Gasteiger partial charge >= 0.3 is 0 Å². The first-order valence-corrected chi connectivity index (χ1v) is 8.85. The topological polar surface area (TPSA) is 123 Å². The van der Waals surface area contributed by atoms with Crippen molar-refractivity contribution in [2.24, 2.45) is 10.9 Å². The lowest BCUT2D eigenvalue weighted by Gasteiger charge is -2.29. The largest absolute Gasteiger partial charge is 0.481 e. The summed E-state index contributed by atoms with van der Waals surface area (Å²) in [7, 11) is 0. The molecule has 9 nitrogen and oxygen atoms in total. The highest BCUT2D eigenvalue weighted by Gasteiger charge is 2.38. The van der Waals surface area contributed by atoms with E-state index in [0.717, 1.165) is 0 Å². The molecule has 1 aromatic heterocycles. The maximum absolute atomic E-state index is 11.7. The number of nitrogens with one attached hydrogen (secondary N) is 1. The van der Waals surface area contributed by atoms with Gasteiger partial charge in [0.1, 0.15) is 12.2 Å². The van der Waals surface area contributed by atoms with E-state index in [1.54, 1.807) is 36.8 Å². The van der Waals surface area contributed by atoms with Crippen molar-refractivity contribution in [3.63, 3.8) is 0 Å². The molecular formula is C19H17N5O4. The minimum atomic E-state index is -0.438. The van der Waals surface area contributed by atoms with E-state index < -0.39 is 10.8 Å². The van der Waals surface area contributed by atoms with E-state index in [9.17, 15) is 15.4 Å². The molecule has 142 valence electrons. The molecule has 1 aromatic rings.